The van der Waals surface area contributed by atoms with Crippen LogP contribution in [0.3, 0.4) is 0 Å². The largest absolute Gasteiger partial charge is 0.444 e. The minimum absolute atomic E-state index is 0.244. The van der Waals surface area contributed by atoms with E-state index in [4.69, 9.17) is 4.74 Å². The molecule has 0 aromatic carbocycles. The summed E-state index contributed by atoms with van der Waals surface area (Å²) < 4.78 is 5.29. The van der Waals surface area contributed by atoms with E-state index >= 15 is 0 Å². The Hall–Kier alpha value is -0.420. The summed E-state index contributed by atoms with van der Waals surface area (Å²) in [6, 6.07) is 0. The second-order valence-corrected chi connectivity index (χ2v) is 6.95. The molecule has 0 aromatic heterocycles. The summed E-state index contributed by atoms with van der Waals surface area (Å²) in [6.45, 7) is 10.6. The summed E-state index contributed by atoms with van der Waals surface area (Å²) in [7, 11) is 1.78. The molecule has 4 nitrogen and oxygen atoms in total. The van der Waals surface area contributed by atoms with Crippen molar-refractivity contribution in [3.05, 3.63) is 0 Å². The standard InChI is InChI=1S/C14H30N2O2S/c1-6-19-12-8-10-15-9-7-11-16(5)13(17)18-14(2,3)4/h15H,6-12H2,1-5H3. The monoisotopic (exact) mass is 290 g/mol. The molecule has 19 heavy (non-hydrogen) atoms. The molecular formula is C14H30N2O2S. The van der Waals surface area contributed by atoms with Crippen molar-refractivity contribution in [3.8, 4) is 0 Å². The van der Waals surface area contributed by atoms with E-state index in [-0.39, 0.29) is 6.09 Å². The summed E-state index contributed by atoms with van der Waals surface area (Å²) in [6.07, 6.45) is 1.92. The van der Waals surface area contributed by atoms with Gasteiger partial charge in [-0.05, 0) is 58.2 Å². The summed E-state index contributed by atoms with van der Waals surface area (Å²) >= 11 is 1.98. The lowest BCUT2D eigenvalue weighted by atomic mass is 10.2. The minimum atomic E-state index is -0.416. The lowest BCUT2D eigenvalue weighted by Crippen LogP contribution is -2.35. The lowest BCUT2D eigenvalue weighted by molar-refractivity contribution is 0.0297. The zero-order valence-corrected chi connectivity index (χ0v) is 13.9. The molecule has 1 N–H and O–H groups in total. The molecule has 0 aromatic rings. The predicted octanol–water partition coefficient (Wildman–Crippen LogP) is 2.98. The second kappa shape index (κ2) is 10.4. The van der Waals surface area contributed by atoms with Gasteiger partial charge in [0.25, 0.3) is 0 Å². The third-order valence-corrected chi connectivity index (χ3v) is 3.38. The number of amides is 1. The number of ether oxygens (including phenoxy) is 1. The van der Waals surface area contributed by atoms with E-state index in [0.29, 0.717) is 0 Å². The fraction of sp³-hybridized carbons (Fsp3) is 0.929. The molecule has 0 heterocycles. The number of hydrogen-bond acceptors (Lipinski definition) is 4. The molecule has 0 aliphatic carbocycles. The lowest BCUT2D eigenvalue weighted by Gasteiger charge is -2.24. The normalized spacial score (nSPS) is 11.4. The molecule has 0 bridgehead atoms. The van der Waals surface area contributed by atoms with Gasteiger partial charge in [-0.2, -0.15) is 11.8 Å². The van der Waals surface area contributed by atoms with Crippen LogP contribution >= 0.6 is 11.8 Å². The van der Waals surface area contributed by atoms with Gasteiger partial charge in [0, 0.05) is 13.6 Å². The molecule has 5 heteroatoms. The van der Waals surface area contributed by atoms with Crippen LogP contribution < -0.4 is 5.32 Å². The highest BCUT2D eigenvalue weighted by Gasteiger charge is 2.18. The third kappa shape index (κ3) is 12.4. The summed E-state index contributed by atoms with van der Waals surface area (Å²) in [5, 5.41) is 3.39. The number of nitrogens with zero attached hydrogens (tertiary/aromatic N) is 1. The van der Waals surface area contributed by atoms with Gasteiger partial charge in [0.2, 0.25) is 0 Å². The fourth-order valence-electron chi connectivity index (χ4n) is 1.44. The molecule has 0 spiro atoms. The maximum absolute atomic E-state index is 11.7. The van der Waals surface area contributed by atoms with Crippen molar-refractivity contribution < 1.29 is 9.53 Å². The Kier molecular flexibility index (Phi) is 10.1. The van der Waals surface area contributed by atoms with E-state index in [1.165, 1.54) is 17.9 Å². The fourth-order valence-corrected chi connectivity index (χ4v) is 2.08. The first-order chi connectivity index (χ1) is 8.87. The van der Waals surface area contributed by atoms with Crippen molar-refractivity contribution in [3.63, 3.8) is 0 Å². The summed E-state index contributed by atoms with van der Waals surface area (Å²) in [5.41, 5.74) is -0.416. The van der Waals surface area contributed by atoms with Crippen molar-refractivity contribution in [2.24, 2.45) is 0 Å². The molecule has 0 atom stereocenters. The van der Waals surface area contributed by atoms with Gasteiger partial charge < -0.3 is 15.0 Å². The topological polar surface area (TPSA) is 41.6 Å². The Labute approximate surface area is 122 Å². The van der Waals surface area contributed by atoms with Crippen molar-refractivity contribution in [1.82, 2.24) is 10.2 Å². The predicted molar refractivity (Wildman–Crippen MR) is 84.0 cm³/mol. The van der Waals surface area contributed by atoms with Gasteiger partial charge >= 0.3 is 6.09 Å². The number of carbonyl (C=O) groups excluding carboxylic acids is 1. The van der Waals surface area contributed by atoms with Gasteiger partial charge in [-0.25, -0.2) is 4.79 Å². The van der Waals surface area contributed by atoms with Crippen molar-refractivity contribution in [2.45, 2.75) is 46.1 Å². The Morgan fingerprint density at radius 2 is 1.89 bits per heavy atom. The van der Waals surface area contributed by atoms with Crippen molar-refractivity contribution in [1.29, 1.82) is 0 Å². The van der Waals surface area contributed by atoms with E-state index in [9.17, 15) is 4.79 Å². The molecule has 114 valence electrons. The highest BCUT2D eigenvalue weighted by atomic mass is 32.2. The number of nitrogens with one attached hydrogen (secondary N) is 1. The van der Waals surface area contributed by atoms with Crippen molar-refractivity contribution in [2.75, 3.05) is 38.2 Å². The Balaban J connectivity index is 3.48. The van der Waals surface area contributed by atoms with Crippen LogP contribution in [0.15, 0.2) is 0 Å². The van der Waals surface area contributed by atoms with E-state index in [1.807, 2.05) is 32.5 Å². The second-order valence-electron chi connectivity index (χ2n) is 5.56. The highest BCUT2D eigenvalue weighted by Crippen LogP contribution is 2.09. The van der Waals surface area contributed by atoms with E-state index in [0.717, 1.165) is 26.1 Å². The first-order valence-corrected chi connectivity index (χ1v) is 8.25. The molecule has 0 aliphatic heterocycles. The van der Waals surface area contributed by atoms with Crippen LogP contribution in [0.2, 0.25) is 0 Å². The molecular weight excluding hydrogens is 260 g/mol. The molecule has 0 saturated carbocycles. The molecule has 0 saturated heterocycles. The van der Waals surface area contributed by atoms with Crippen LogP contribution in [0.25, 0.3) is 0 Å². The van der Waals surface area contributed by atoms with Gasteiger partial charge in [-0.3, -0.25) is 0 Å². The van der Waals surface area contributed by atoms with Crippen LogP contribution in [-0.4, -0.2) is 54.8 Å². The molecule has 1 amide bonds. The number of thioether (sulfide) groups is 1. The van der Waals surface area contributed by atoms with Gasteiger partial charge in [0.15, 0.2) is 0 Å². The first-order valence-electron chi connectivity index (χ1n) is 7.09. The zero-order valence-electron chi connectivity index (χ0n) is 13.1. The minimum Gasteiger partial charge on any atom is -0.444 e. The molecule has 0 rings (SSSR count). The summed E-state index contributed by atoms with van der Waals surface area (Å²) in [4.78, 5) is 13.3. The quantitative estimate of drug-likeness (QED) is 0.663. The number of carbonyl (C=O) groups is 1. The molecule has 0 aliphatic rings. The van der Waals surface area contributed by atoms with Crippen LogP contribution in [0, 0.1) is 0 Å². The third-order valence-electron chi connectivity index (χ3n) is 2.40. The Bertz CT molecular complexity index is 242. The average Bonchev–Trinajstić information content (AvgIpc) is 2.30. The highest BCUT2D eigenvalue weighted by molar-refractivity contribution is 7.99. The van der Waals surface area contributed by atoms with Gasteiger partial charge in [-0.15, -0.1) is 0 Å². The maximum Gasteiger partial charge on any atom is 0.410 e. The molecule has 0 radical (unpaired) electrons. The molecule has 0 unspecified atom stereocenters. The SMILES string of the molecule is CCSCCCNCCCN(C)C(=O)OC(C)(C)C. The van der Waals surface area contributed by atoms with E-state index in [2.05, 4.69) is 12.2 Å². The number of hydrogen-bond donors (Lipinski definition) is 1. The first kappa shape index (κ1) is 18.6. The van der Waals surface area contributed by atoms with Crippen LogP contribution in [0.1, 0.15) is 40.5 Å². The van der Waals surface area contributed by atoms with Gasteiger partial charge in [-0.1, -0.05) is 6.92 Å². The van der Waals surface area contributed by atoms with Crippen LogP contribution in [-0.2, 0) is 4.74 Å². The zero-order chi connectivity index (χ0) is 14.7. The Morgan fingerprint density at radius 1 is 1.26 bits per heavy atom. The average molecular weight is 290 g/mol. The maximum atomic E-state index is 11.7. The summed E-state index contributed by atoms with van der Waals surface area (Å²) in [5.74, 6) is 2.42. The van der Waals surface area contributed by atoms with Gasteiger partial charge in [0.1, 0.15) is 5.60 Å². The van der Waals surface area contributed by atoms with Crippen molar-refractivity contribution >= 4 is 17.9 Å². The molecule has 0 fully saturated rings. The number of rotatable bonds is 9. The Morgan fingerprint density at radius 3 is 2.47 bits per heavy atom. The van der Waals surface area contributed by atoms with Gasteiger partial charge in [0.05, 0.1) is 0 Å². The smallest absolute Gasteiger partial charge is 0.410 e. The van der Waals surface area contributed by atoms with E-state index in [1.54, 1.807) is 11.9 Å². The van der Waals surface area contributed by atoms with Crippen LogP contribution in [0.5, 0.6) is 0 Å². The van der Waals surface area contributed by atoms with Crippen LogP contribution in [0.4, 0.5) is 4.79 Å². The van der Waals surface area contributed by atoms with E-state index < -0.39 is 5.60 Å².